The van der Waals surface area contributed by atoms with E-state index < -0.39 is 21.5 Å². The quantitative estimate of drug-likeness (QED) is 0.641. The SMILES string of the molecule is Cc1cccc(CN2C(=O)CN(S(=O)(=O)c3ccccc3)C[C@]2(C)C(=O)NCCC(C)C)c1. The molecular formula is C25H33N3O4S. The van der Waals surface area contributed by atoms with E-state index in [-0.39, 0.29) is 30.4 Å². The van der Waals surface area contributed by atoms with Gasteiger partial charge in [0, 0.05) is 19.6 Å². The second-order valence-corrected chi connectivity index (χ2v) is 11.2. The van der Waals surface area contributed by atoms with Gasteiger partial charge in [-0.25, -0.2) is 8.42 Å². The molecule has 0 aliphatic carbocycles. The summed E-state index contributed by atoms with van der Waals surface area (Å²) in [5, 5.41) is 2.93. The molecule has 1 fully saturated rings. The standard InChI is InChI=1S/C25H33N3O4S/c1-19(2)13-14-26-24(30)25(4)18-27(33(31,32)22-11-6-5-7-12-22)17-23(29)28(25)16-21-10-8-9-20(3)15-21/h5-12,15,19H,13-14,16-18H2,1-4H3,(H,26,30)/t25-/m1/s1. The molecule has 8 heteroatoms. The number of aryl methyl sites for hydroxylation is 1. The fraction of sp³-hybridized carbons (Fsp3) is 0.440. The Kier molecular flexibility index (Phi) is 7.59. The highest BCUT2D eigenvalue weighted by Crippen LogP contribution is 2.29. The van der Waals surface area contributed by atoms with Gasteiger partial charge in [-0.3, -0.25) is 9.59 Å². The Hall–Kier alpha value is -2.71. The molecule has 178 valence electrons. The fourth-order valence-corrected chi connectivity index (χ4v) is 5.52. The summed E-state index contributed by atoms with van der Waals surface area (Å²) >= 11 is 0. The van der Waals surface area contributed by atoms with Crippen molar-refractivity contribution < 1.29 is 18.0 Å². The summed E-state index contributed by atoms with van der Waals surface area (Å²) in [6.07, 6.45) is 0.791. The van der Waals surface area contributed by atoms with E-state index in [4.69, 9.17) is 0 Å². The third kappa shape index (κ3) is 5.62. The van der Waals surface area contributed by atoms with Gasteiger partial charge in [-0.2, -0.15) is 4.31 Å². The minimum absolute atomic E-state index is 0.104. The maximum absolute atomic E-state index is 13.4. The van der Waals surface area contributed by atoms with Crippen molar-refractivity contribution in [3.05, 3.63) is 65.7 Å². The van der Waals surface area contributed by atoms with Crippen molar-refractivity contribution in [1.29, 1.82) is 0 Å². The third-order valence-corrected chi connectivity index (χ3v) is 7.80. The molecule has 0 spiro atoms. The van der Waals surface area contributed by atoms with Gasteiger partial charge in [-0.1, -0.05) is 61.9 Å². The monoisotopic (exact) mass is 471 g/mol. The molecule has 0 unspecified atom stereocenters. The Morgan fingerprint density at radius 2 is 1.82 bits per heavy atom. The van der Waals surface area contributed by atoms with E-state index in [9.17, 15) is 18.0 Å². The molecule has 2 amide bonds. The summed E-state index contributed by atoms with van der Waals surface area (Å²) in [7, 11) is -3.93. The van der Waals surface area contributed by atoms with Crippen molar-refractivity contribution >= 4 is 21.8 Å². The molecular weight excluding hydrogens is 438 g/mol. The molecule has 7 nitrogen and oxygen atoms in total. The van der Waals surface area contributed by atoms with Crippen LogP contribution in [0.1, 0.15) is 38.3 Å². The van der Waals surface area contributed by atoms with Gasteiger partial charge in [-0.05, 0) is 43.9 Å². The van der Waals surface area contributed by atoms with Crippen molar-refractivity contribution in [1.82, 2.24) is 14.5 Å². The van der Waals surface area contributed by atoms with Crippen molar-refractivity contribution in [2.75, 3.05) is 19.6 Å². The van der Waals surface area contributed by atoms with Crippen LogP contribution < -0.4 is 5.32 Å². The Morgan fingerprint density at radius 3 is 2.45 bits per heavy atom. The lowest BCUT2D eigenvalue weighted by Gasteiger charge is -2.47. The summed E-state index contributed by atoms with van der Waals surface area (Å²) in [4.78, 5) is 28.3. The lowest BCUT2D eigenvalue weighted by molar-refractivity contribution is -0.153. The fourth-order valence-electron chi connectivity index (χ4n) is 4.02. The van der Waals surface area contributed by atoms with Crippen LogP contribution in [0.3, 0.4) is 0 Å². The molecule has 2 aromatic carbocycles. The molecule has 33 heavy (non-hydrogen) atoms. The van der Waals surface area contributed by atoms with Gasteiger partial charge in [-0.15, -0.1) is 0 Å². The summed E-state index contributed by atoms with van der Waals surface area (Å²) in [6, 6.07) is 15.8. The zero-order chi connectivity index (χ0) is 24.2. The van der Waals surface area contributed by atoms with Crippen LogP contribution in [0.5, 0.6) is 0 Å². The second kappa shape index (κ2) is 10.1. The molecule has 0 aromatic heterocycles. The third-order valence-electron chi connectivity index (χ3n) is 5.99. The molecule has 0 bridgehead atoms. The van der Waals surface area contributed by atoms with E-state index in [0.29, 0.717) is 12.5 Å². The van der Waals surface area contributed by atoms with Crippen LogP contribution in [-0.4, -0.2) is 54.6 Å². The molecule has 1 aliphatic heterocycles. The average molecular weight is 472 g/mol. The minimum atomic E-state index is -3.93. The smallest absolute Gasteiger partial charge is 0.247 e. The van der Waals surface area contributed by atoms with Crippen molar-refractivity contribution in [2.45, 2.75) is 51.1 Å². The molecule has 1 N–H and O–H groups in total. The second-order valence-electron chi connectivity index (χ2n) is 9.27. The highest BCUT2D eigenvalue weighted by molar-refractivity contribution is 7.89. The Labute approximate surface area is 196 Å². The largest absolute Gasteiger partial charge is 0.354 e. The summed E-state index contributed by atoms with van der Waals surface area (Å²) in [5.41, 5.74) is 0.593. The first-order valence-electron chi connectivity index (χ1n) is 11.2. The first-order chi connectivity index (χ1) is 15.5. The summed E-state index contributed by atoms with van der Waals surface area (Å²) in [5.74, 6) is -0.342. The number of rotatable bonds is 8. The number of piperazine rings is 1. The van der Waals surface area contributed by atoms with Crippen LogP contribution in [0.25, 0.3) is 0 Å². The number of amides is 2. The number of benzene rings is 2. The van der Waals surface area contributed by atoms with E-state index in [1.54, 1.807) is 25.1 Å². The maximum Gasteiger partial charge on any atom is 0.247 e. The van der Waals surface area contributed by atoms with Crippen LogP contribution >= 0.6 is 0 Å². The van der Waals surface area contributed by atoms with Gasteiger partial charge in [0.05, 0.1) is 11.4 Å². The highest BCUT2D eigenvalue weighted by atomic mass is 32.2. The molecule has 2 aromatic rings. The van der Waals surface area contributed by atoms with Crippen molar-refractivity contribution in [3.8, 4) is 0 Å². The predicted octanol–water partition coefficient (Wildman–Crippen LogP) is 2.95. The highest BCUT2D eigenvalue weighted by Gasteiger charge is 2.50. The van der Waals surface area contributed by atoms with Crippen molar-refractivity contribution in [3.63, 3.8) is 0 Å². The van der Waals surface area contributed by atoms with Crippen LogP contribution in [0.2, 0.25) is 0 Å². The van der Waals surface area contributed by atoms with E-state index in [0.717, 1.165) is 21.9 Å². The minimum Gasteiger partial charge on any atom is -0.354 e. The Morgan fingerprint density at radius 1 is 1.12 bits per heavy atom. The van der Waals surface area contributed by atoms with Gasteiger partial charge in [0.2, 0.25) is 21.8 Å². The topological polar surface area (TPSA) is 86.8 Å². The van der Waals surface area contributed by atoms with Gasteiger partial charge in [0.15, 0.2) is 0 Å². The zero-order valence-corrected chi connectivity index (χ0v) is 20.6. The molecule has 1 saturated heterocycles. The Bertz CT molecular complexity index is 1100. The number of nitrogens with one attached hydrogen (secondary N) is 1. The molecule has 3 rings (SSSR count). The van der Waals surface area contributed by atoms with Crippen LogP contribution in [0, 0.1) is 12.8 Å². The van der Waals surface area contributed by atoms with Gasteiger partial charge in [0.25, 0.3) is 0 Å². The lowest BCUT2D eigenvalue weighted by atomic mass is 9.94. The lowest BCUT2D eigenvalue weighted by Crippen LogP contribution is -2.69. The summed E-state index contributed by atoms with van der Waals surface area (Å²) < 4.78 is 27.7. The normalized spacial score (nSPS) is 19.7. The van der Waals surface area contributed by atoms with Crippen molar-refractivity contribution in [2.24, 2.45) is 5.92 Å². The van der Waals surface area contributed by atoms with E-state index in [1.165, 1.54) is 17.0 Å². The number of carbonyl (C=O) groups excluding carboxylic acids is 2. The predicted molar refractivity (Wildman–Crippen MR) is 128 cm³/mol. The maximum atomic E-state index is 13.4. The molecule has 1 aliphatic rings. The molecule has 0 saturated carbocycles. The number of sulfonamides is 1. The van der Waals surface area contributed by atoms with E-state index in [2.05, 4.69) is 19.2 Å². The van der Waals surface area contributed by atoms with Crippen LogP contribution in [-0.2, 0) is 26.2 Å². The van der Waals surface area contributed by atoms with Gasteiger partial charge >= 0.3 is 0 Å². The number of carbonyl (C=O) groups is 2. The first-order valence-corrected chi connectivity index (χ1v) is 12.7. The van der Waals surface area contributed by atoms with Gasteiger partial charge in [0.1, 0.15) is 5.54 Å². The zero-order valence-electron chi connectivity index (χ0n) is 19.7. The first kappa shape index (κ1) is 24.9. The average Bonchev–Trinajstić information content (AvgIpc) is 2.76. The van der Waals surface area contributed by atoms with Crippen LogP contribution in [0.15, 0.2) is 59.5 Å². The summed E-state index contributed by atoms with van der Waals surface area (Å²) in [6.45, 7) is 8.02. The van der Waals surface area contributed by atoms with Gasteiger partial charge < -0.3 is 10.2 Å². The number of hydrogen-bond acceptors (Lipinski definition) is 4. The number of hydrogen-bond donors (Lipinski definition) is 1. The van der Waals surface area contributed by atoms with E-state index >= 15 is 0 Å². The van der Waals surface area contributed by atoms with Crippen LogP contribution in [0.4, 0.5) is 0 Å². The Balaban J connectivity index is 1.94. The molecule has 1 heterocycles. The molecule has 1 atom stereocenters. The van der Waals surface area contributed by atoms with E-state index in [1.807, 2.05) is 31.2 Å². The molecule has 0 radical (unpaired) electrons. The number of nitrogens with zero attached hydrogens (tertiary/aromatic N) is 2.